The van der Waals surface area contributed by atoms with Crippen LogP contribution in [0, 0.1) is 5.92 Å². The van der Waals surface area contributed by atoms with E-state index in [1.54, 1.807) is 0 Å². The summed E-state index contributed by atoms with van der Waals surface area (Å²) in [6, 6.07) is 7.58. The SMILES string of the molecule is NNC(c1cc2cc(Cl)ccc2o1)C1CCCOC1. The number of hydrogen-bond donors (Lipinski definition) is 2. The summed E-state index contributed by atoms with van der Waals surface area (Å²) in [4.78, 5) is 0. The second kappa shape index (κ2) is 5.51. The van der Waals surface area contributed by atoms with Gasteiger partial charge >= 0.3 is 0 Å². The predicted molar refractivity (Wildman–Crippen MR) is 74.8 cm³/mol. The molecule has 1 aliphatic heterocycles. The second-order valence-electron chi connectivity index (χ2n) is 4.95. The Morgan fingerprint density at radius 3 is 3.00 bits per heavy atom. The summed E-state index contributed by atoms with van der Waals surface area (Å²) in [6.45, 7) is 1.55. The number of nitrogens with one attached hydrogen (secondary N) is 1. The maximum absolute atomic E-state index is 5.99. The van der Waals surface area contributed by atoms with Gasteiger partial charge in [-0.25, -0.2) is 5.43 Å². The van der Waals surface area contributed by atoms with Crippen molar-refractivity contribution in [1.82, 2.24) is 5.43 Å². The Kier molecular flexibility index (Phi) is 3.75. The lowest BCUT2D eigenvalue weighted by Crippen LogP contribution is -2.37. The van der Waals surface area contributed by atoms with E-state index in [0.29, 0.717) is 17.5 Å². The molecule has 4 nitrogen and oxygen atoms in total. The van der Waals surface area contributed by atoms with Crippen molar-refractivity contribution in [3.8, 4) is 0 Å². The normalized spacial score (nSPS) is 21.7. The van der Waals surface area contributed by atoms with Crippen LogP contribution in [0.15, 0.2) is 28.7 Å². The summed E-state index contributed by atoms with van der Waals surface area (Å²) in [6.07, 6.45) is 2.15. The highest BCUT2D eigenvalue weighted by atomic mass is 35.5. The van der Waals surface area contributed by atoms with Crippen LogP contribution in [0.1, 0.15) is 24.6 Å². The summed E-state index contributed by atoms with van der Waals surface area (Å²) in [5, 5.41) is 1.71. The summed E-state index contributed by atoms with van der Waals surface area (Å²) in [5.41, 5.74) is 3.69. The van der Waals surface area contributed by atoms with E-state index < -0.39 is 0 Å². The van der Waals surface area contributed by atoms with Crippen LogP contribution in [0.25, 0.3) is 11.0 Å². The van der Waals surface area contributed by atoms with Crippen molar-refractivity contribution in [2.75, 3.05) is 13.2 Å². The highest BCUT2D eigenvalue weighted by Crippen LogP contribution is 2.32. The molecule has 0 spiro atoms. The molecule has 1 aromatic heterocycles. The third-order valence-corrected chi connectivity index (χ3v) is 3.89. The molecule has 0 amide bonds. The van der Waals surface area contributed by atoms with Gasteiger partial charge in [-0.3, -0.25) is 5.84 Å². The molecule has 2 aromatic rings. The minimum absolute atomic E-state index is 0.0218. The van der Waals surface area contributed by atoms with Crippen LogP contribution in [0.3, 0.4) is 0 Å². The van der Waals surface area contributed by atoms with Crippen LogP contribution >= 0.6 is 11.6 Å². The number of nitrogens with two attached hydrogens (primary N) is 1. The Morgan fingerprint density at radius 2 is 2.26 bits per heavy atom. The molecular weight excluding hydrogens is 264 g/mol. The molecule has 0 aliphatic carbocycles. The maximum Gasteiger partial charge on any atom is 0.134 e. The summed E-state index contributed by atoms with van der Waals surface area (Å²) >= 11 is 5.99. The molecule has 5 heteroatoms. The van der Waals surface area contributed by atoms with Crippen LogP contribution in [0.2, 0.25) is 5.02 Å². The van der Waals surface area contributed by atoms with Gasteiger partial charge in [-0.05, 0) is 37.1 Å². The first-order valence-electron chi connectivity index (χ1n) is 6.51. The Morgan fingerprint density at radius 1 is 1.37 bits per heavy atom. The molecule has 2 atom stereocenters. The summed E-state index contributed by atoms with van der Waals surface area (Å²) in [7, 11) is 0. The fourth-order valence-corrected chi connectivity index (χ4v) is 2.85. The van der Waals surface area contributed by atoms with Crippen molar-refractivity contribution in [3.05, 3.63) is 35.0 Å². The largest absolute Gasteiger partial charge is 0.459 e. The minimum Gasteiger partial charge on any atom is -0.459 e. The van der Waals surface area contributed by atoms with Crippen molar-refractivity contribution < 1.29 is 9.15 Å². The Hall–Kier alpha value is -1.07. The molecule has 19 heavy (non-hydrogen) atoms. The topological polar surface area (TPSA) is 60.4 Å². The van der Waals surface area contributed by atoms with Crippen molar-refractivity contribution in [1.29, 1.82) is 0 Å². The number of benzene rings is 1. The highest BCUT2D eigenvalue weighted by Gasteiger charge is 2.27. The molecule has 1 fully saturated rings. The van der Waals surface area contributed by atoms with Gasteiger partial charge in [0.15, 0.2) is 0 Å². The molecule has 1 aliphatic rings. The summed E-state index contributed by atoms with van der Waals surface area (Å²) < 4.78 is 11.4. The monoisotopic (exact) mass is 280 g/mol. The second-order valence-corrected chi connectivity index (χ2v) is 5.39. The van der Waals surface area contributed by atoms with Crippen molar-refractivity contribution in [3.63, 3.8) is 0 Å². The first-order chi connectivity index (χ1) is 9.28. The lowest BCUT2D eigenvalue weighted by molar-refractivity contribution is 0.0358. The third-order valence-electron chi connectivity index (χ3n) is 3.65. The molecule has 0 bridgehead atoms. The van der Waals surface area contributed by atoms with Crippen LogP contribution in [0.5, 0.6) is 0 Å². The van der Waals surface area contributed by atoms with Gasteiger partial charge < -0.3 is 9.15 Å². The van der Waals surface area contributed by atoms with Gasteiger partial charge in [0.1, 0.15) is 11.3 Å². The van der Waals surface area contributed by atoms with E-state index in [-0.39, 0.29) is 6.04 Å². The van der Waals surface area contributed by atoms with Gasteiger partial charge in [-0.15, -0.1) is 0 Å². The quantitative estimate of drug-likeness (QED) is 0.670. The number of hydrogen-bond acceptors (Lipinski definition) is 4. The van der Waals surface area contributed by atoms with Gasteiger partial charge in [0.25, 0.3) is 0 Å². The Labute approximate surface area is 116 Å². The van der Waals surface area contributed by atoms with Gasteiger partial charge in [0.05, 0.1) is 12.6 Å². The van der Waals surface area contributed by atoms with E-state index in [1.807, 2.05) is 24.3 Å². The lowest BCUT2D eigenvalue weighted by atomic mass is 9.92. The number of ether oxygens (including phenoxy) is 1. The van der Waals surface area contributed by atoms with Crippen molar-refractivity contribution in [2.24, 2.45) is 11.8 Å². The number of fused-ring (bicyclic) bond motifs is 1. The third kappa shape index (κ3) is 2.62. The highest BCUT2D eigenvalue weighted by molar-refractivity contribution is 6.31. The Bertz CT molecular complexity index is 564. The molecular formula is C14H17ClN2O2. The average molecular weight is 281 g/mol. The van der Waals surface area contributed by atoms with Gasteiger partial charge in [0, 0.05) is 22.9 Å². The number of hydrazine groups is 1. The van der Waals surface area contributed by atoms with Crippen molar-refractivity contribution in [2.45, 2.75) is 18.9 Å². The molecule has 1 aromatic carbocycles. The maximum atomic E-state index is 5.99. The van der Waals surface area contributed by atoms with E-state index in [0.717, 1.165) is 36.2 Å². The molecule has 1 saturated heterocycles. The van der Waals surface area contributed by atoms with E-state index in [1.165, 1.54) is 0 Å². The van der Waals surface area contributed by atoms with Crippen LogP contribution in [0.4, 0.5) is 0 Å². The van der Waals surface area contributed by atoms with Crippen LogP contribution < -0.4 is 11.3 Å². The first-order valence-corrected chi connectivity index (χ1v) is 6.88. The lowest BCUT2D eigenvalue weighted by Gasteiger charge is -2.28. The van der Waals surface area contributed by atoms with Gasteiger partial charge in [-0.1, -0.05) is 11.6 Å². The smallest absolute Gasteiger partial charge is 0.134 e. The average Bonchev–Trinajstić information content (AvgIpc) is 2.83. The zero-order valence-electron chi connectivity index (χ0n) is 10.6. The zero-order chi connectivity index (χ0) is 13.2. The summed E-state index contributed by atoms with van der Waals surface area (Å²) in [5.74, 6) is 6.88. The molecule has 0 saturated carbocycles. The molecule has 3 N–H and O–H groups in total. The molecule has 0 radical (unpaired) electrons. The molecule has 2 heterocycles. The predicted octanol–water partition coefficient (Wildman–Crippen LogP) is 3.02. The minimum atomic E-state index is -0.0218. The van der Waals surface area contributed by atoms with E-state index in [2.05, 4.69) is 5.43 Å². The number of furan rings is 1. The molecule has 3 rings (SSSR count). The van der Waals surface area contributed by atoms with E-state index in [4.69, 9.17) is 26.6 Å². The number of rotatable bonds is 3. The number of halogens is 1. The van der Waals surface area contributed by atoms with Gasteiger partial charge in [-0.2, -0.15) is 0 Å². The fraction of sp³-hybridized carbons (Fsp3) is 0.429. The van der Waals surface area contributed by atoms with Crippen molar-refractivity contribution >= 4 is 22.6 Å². The molecule has 2 unspecified atom stereocenters. The van der Waals surface area contributed by atoms with Gasteiger partial charge in [0.2, 0.25) is 0 Å². The van der Waals surface area contributed by atoms with Crippen LogP contribution in [-0.4, -0.2) is 13.2 Å². The fourth-order valence-electron chi connectivity index (χ4n) is 2.67. The standard InChI is InChI=1S/C14H17ClN2O2/c15-11-3-4-12-10(6-11)7-13(19-12)14(17-16)9-2-1-5-18-8-9/h3-4,6-7,9,14,17H,1-2,5,8,16H2. The Balaban J connectivity index is 1.91. The first kappa shape index (κ1) is 12.9. The van der Waals surface area contributed by atoms with Crippen LogP contribution in [-0.2, 0) is 4.74 Å². The van der Waals surface area contributed by atoms with E-state index in [9.17, 15) is 0 Å². The zero-order valence-corrected chi connectivity index (χ0v) is 11.3. The van der Waals surface area contributed by atoms with E-state index >= 15 is 0 Å². The molecule has 102 valence electrons.